The summed E-state index contributed by atoms with van der Waals surface area (Å²) in [6, 6.07) is 11.4. The zero-order valence-corrected chi connectivity index (χ0v) is 13.0. The molecule has 2 rings (SSSR count). The molecule has 0 aliphatic heterocycles. The lowest BCUT2D eigenvalue weighted by Crippen LogP contribution is -1.95. The molecule has 110 valence electrons. The van der Waals surface area contributed by atoms with Crippen molar-refractivity contribution >= 4 is 23.8 Å². The number of benzene rings is 2. The van der Waals surface area contributed by atoms with Crippen LogP contribution in [0.4, 0.5) is 0 Å². The molecule has 0 aliphatic rings. The van der Waals surface area contributed by atoms with Crippen LogP contribution in [0.2, 0.25) is 5.02 Å². The van der Waals surface area contributed by atoms with Crippen molar-refractivity contribution in [2.45, 2.75) is 0 Å². The van der Waals surface area contributed by atoms with Crippen molar-refractivity contribution in [2.24, 2.45) is 0 Å². The summed E-state index contributed by atoms with van der Waals surface area (Å²) in [7, 11) is 4.79. The summed E-state index contributed by atoms with van der Waals surface area (Å²) in [5, 5.41) is 0.722. The van der Waals surface area contributed by atoms with Crippen LogP contribution in [-0.4, -0.2) is 21.3 Å². The summed E-state index contributed by atoms with van der Waals surface area (Å²) in [5.74, 6) is 1.85. The third kappa shape index (κ3) is 3.70. The van der Waals surface area contributed by atoms with Crippen LogP contribution in [0.1, 0.15) is 11.1 Å². The Morgan fingerprint density at radius 2 is 1.29 bits per heavy atom. The molecule has 0 saturated heterocycles. The predicted octanol–water partition coefficient (Wildman–Crippen LogP) is 4.54. The Balaban J connectivity index is 2.33. The Hall–Kier alpha value is -2.13. The van der Waals surface area contributed by atoms with E-state index < -0.39 is 0 Å². The van der Waals surface area contributed by atoms with E-state index in [1.165, 1.54) is 0 Å². The molecular formula is C17H17ClO3. The molecule has 0 fully saturated rings. The highest BCUT2D eigenvalue weighted by Gasteiger charge is 2.11. The summed E-state index contributed by atoms with van der Waals surface area (Å²) < 4.78 is 16.0. The molecule has 21 heavy (non-hydrogen) atoms. The Morgan fingerprint density at radius 3 is 1.76 bits per heavy atom. The number of rotatable bonds is 5. The molecule has 0 saturated carbocycles. The topological polar surface area (TPSA) is 27.7 Å². The molecule has 4 heteroatoms. The first-order valence-corrected chi connectivity index (χ1v) is 6.79. The van der Waals surface area contributed by atoms with Crippen molar-refractivity contribution in [3.8, 4) is 17.2 Å². The summed E-state index contributed by atoms with van der Waals surface area (Å²) in [6.45, 7) is 0. The smallest absolute Gasteiger partial charge is 0.203 e. The standard InChI is InChI=1S/C17H17ClO3/c1-19-15-10-13(11-16(20-2)17(15)21-3)5-4-12-6-8-14(18)9-7-12/h4-11H,1-3H3/b5-4+. The van der Waals surface area contributed by atoms with Crippen molar-refractivity contribution in [1.82, 2.24) is 0 Å². The van der Waals surface area contributed by atoms with Gasteiger partial charge in [-0.3, -0.25) is 0 Å². The monoisotopic (exact) mass is 304 g/mol. The van der Waals surface area contributed by atoms with Crippen molar-refractivity contribution in [3.05, 3.63) is 52.5 Å². The van der Waals surface area contributed by atoms with E-state index in [-0.39, 0.29) is 0 Å². The molecule has 0 atom stereocenters. The van der Waals surface area contributed by atoms with Gasteiger partial charge in [-0.05, 0) is 35.4 Å². The van der Waals surface area contributed by atoms with E-state index in [1.807, 2.05) is 48.6 Å². The maximum Gasteiger partial charge on any atom is 0.203 e. The second-order valence-corrected chi connectivity index (χ2v) is 4.78. The van der Waals surface area contributed by atoms with E-state index in [4.69, 9.17) is 25.8 Å². The van der Waals surface area contributed by atoms with Crippen molar-refractivity contribution in [2.75, 3.05) is 21.3 Å². The first kappa shape index (κ1) is 15.3. The summed E-state index contributed by atoms with van der Waals surface area (Å²) in [5.41, 5.74) is 2.02. The van der Waals surface area contributed by atoms with Crippen molar-refractivity contribution in [1.29, 1.82) is 0 Å². The highest BCUT2D eigenvalue weighted by Crippen LogP contribution is 2.38. The van der Waals surface area contributed by atoms with Crippen LogP contribution in [0.5, 0.6) is 17.2 Å². The normalized spacial score (nSPS) is 10.7. The molecule has 0 N–H and O–H groups in total. The molecule has 0 bridgehead atoms. The number of ether oxygens (including phenoxy) is 3. The molecule has 0 aliphatic carbocycles. The number of methoxy groups -OCH3 is 3. The van der Waals surface area contributed by atoms with E-state index in [0.29, 0.717) is 17.2 Å². The molecule has 0 heterocycles. The van der Waals surface area contributed by atoms with Gasteiger partial charge in [0.05, 0.1) is 21.3 Å². The van der Waals surface area contributed by atoms with Crippen LogP contribution < -0.4 is 14.2 Å². The third-order valence-electron chi connectivity index (χ3n) is 3.03. The van der Waals surface area contributed by atoms with Crippen LogP contribution in [0.25, 0.3) is 12.2 Å². The van der Waals surface area contributed by atoms with Gasteiger partial charge in [0, 0.05) is 5.02 Å². The second-order valence-electron chi connectivity index (χ2n) is 4.34. The molecule has 2 aromatic rings. The molecule has 0 spiro atoms. The molecule has 3 nitrogen and oxygen atoms in total. The Bertz CT molecular complexity index is 608. The van der Waals surface area contributed by atoms with Crippen molar-refractivity contribution in [3.63, 3.8) is 0 Å². The van der Waals surface area contributed by atoms with E-state index in [2.05, 4.69) is 0 Å². The lowest BCUT2D eigenvalue weighted by molar-refractivity contribution is 0.324. The van der Waals surface area contributed by atoms with Gasteiger partial charge in [-0.1, -0.05) is 35.9 Å². The lowest BCUT2D eigenvalue weighted by Gasteiger charge is -2.12. The van der Waals surface area contributed by atoms with E-state index >= 15 is 0 Å². The Kier molecular flexibility index (Phi) is 5.12. The fraction of sp³-hybridized carbons (Fsp3) is 0.176. The van der Waals surface area contributed by atoms with Crippen LogP contribution in [0.15, 0.2) is 36.4 Å². The van der Waals surface area contributed by atoms with Gasteiger partial charge in [-0.25, -0.2) is 0 Å². The fourth-order valence-electron chi connectivity index (χ4n) is 1.96. The average Bonchev–Trinajstić information content (AvgIpc) is 2.53. The SMILES string of the molecule is COc1cc(/C=C/c2ccc(Cl)cc2)cc(OC)c1OC. The van der Waals surface area contributed by atoms with Crippen LogP contribution >= 0.6 is 11.6 Å². The summed E-state index contributed by atoms with van der Waals surface area (Å²) >= 11 is 5.87. The second kappa shape index (κ2) is 7.04. The minimum Gasteiger partial charge on any atom is -0.493 e. The quantitative estimate of drug-likeness (QED) is 0.759. The van der Waals surface area contributed by atoms with Crippen LogP contribution in [0, 0.1) is 0 Å². The lowest BCUT2D eigenvalue weighted by atomic mass is 10.1. The predicted molar refractivity (Wildman–Crippen MR) is 86.5 cm³/mol. The van der Waals surface area contributed by atoms with E-state index in [0.717, 1.165) is 16.1 Å². The van der Waals surface area contributed by atoms with Gasteiger partial charge in [0.1, 0.15) is 0 Å². The van der Waals surface area contributed by atoms with Gasteiger partial charge >= 0.3 is 0 Å². The Labute approximate surface area is 129 Å². The summed E-state index contributed by atoms with van der Waals surface area (Å²) in [6.07, 6.45) is 3.98. The number of hydrogen-bond donors (Lipinski definition) is 0. The first-order valence-electron chi connectivity index (χ1n) is 6.41. The molecular weight excluding hydrogens is 288 g/mol. The largest absolute Gasteiger partial charge is 0.493 e. The van der Waals surface area contributed by atoms with E-state index in [9.17, 15) is 0 Å². The molecule has 0 radical (unpaired) electrons. The average molecular weight is 305 g/mol. The molecule has 0 amide bonds. The van der Waals surface area contributed by atoms with Gasteiger partial charge < -0.3 is 14.2 Å². The first-order chi connectivity index (χ1) is 10.2. The Morgan fingerprint density at radius 1 is 0.762 bits per heavy atom. The van der Waals surface area contributed by atoms with Crippen LogP contribution in [-0.2, 0) is 0 Å². The fourth-order valence-corrected chi connectivity index (χ4v) is 2.09. The third-order valence-corrected chi connectivity index (χ3v) is 3.28. The zero-order chi connectivity index (χ0) is 15.2. The molecule has 2 aromatic carbocycles. The minimum absolute atomic E-state index is 0.587. The number of hydrogen-bond acceptors (Lipinski definition) is 3. The highest BCUT2D eigenvalue weighted by atomic mass is 35.5. The maximum atomic E-state index is 5.87. The van der Waals surface area contributed by atoms with Gasteiger partial charge in [0.15, 0.2) is 11.5 Å². The number of halogens is 1. The van der Waals surface area contributed by atoms with Gasteiger partial charge in [0.25, 0.3) is 0 Å². The van der Waals surface area contributed by atoms with Gasteiger partial charge in [0.2, 0.25) is 5.75 Å². The summed E-state index contributed by atoms with van der Waals surface area (Å²) in [4.78, 5) is 0. The van der Waals surface area contributed by atoms with Crippen molar-refractivity contribution < 1.29 is 14.2 Å². The molecule has 0 aromatic heterocycles. The van der Waals surface area contributed by atoms with E-state index in [1.54, 1.807) is 21.3 Å². The molecule has 0 unspecified atom stereocenters. The maximum absolute atomic E-state index is 5.87. The minimum atomic E-state index is 0.587. The zero-order valence-electron chi connectivity index (χ0n) is 12.2. The van der Waals surface area contributed by atoms with Gasteiger partial charge in [-0.15, -0.1) is 0 Å². The van der Waals surface area contributed by atoms with Crippen LogP contribution in [0.3, 0.4) is 0 Å². The van der Waals surface area contributed by atoms with Gasteiger partial charge in [-0.2, -0.15) is 0 Å². The highest BCUT2D eigenvalue weighted by molar-refractivity contribution is 6.30.